The summed E-state index contributed by atoms with van der Waals surface area (Å²) in [5.74, 6) is 0.495. The van der Waals surface area contributed by atoms with Crippen LogP contribution in [0.1, 0.15) is 46.8 Å². The van der Waals surface area contributed by atoms with E-state index in [4.69, 9.17) is 15.6 Å². The van der Waals surface area contributed by atoms with Crippen molar-refractivity contribution < 1.29 is 14.5 Å². The number of aliphatic imine (C=N–C) groups is 1. The fourth-order valence-electron chi connectivity index (χ4n) is 3.90. The number of esters is 1. The first kappa shape index (κ1) is 26.9. The molecule has 9 heteroatoms. The molecule has 0 aliphatic heterocycles. The Morgan fingerprint density at radius 3 is 2.22 bits per heavy atom. The van der Waals surface area contributed by atoms with E-state index in [1.165, 1.54) is 19.2 Å². The number of nitrogens with one attached hydrogen (secondary N) is 2. The number of non-ortho nitro benzene ring substituents is 1. The third kappa shape index (κ3) is 6.52. The van der Waals surface area contributed by atoms with Gasteiger partial charge < -0.3 is 4.74 Å². The van der Waals surface area contributed by atoms with E-state index in [0.29, 0.717) is 53.3 Å². The minimum Gasteiger partial charge on any atom is -0.465 e. The number of benzene rings is 3. The van der Waals surface area contributed by atoms with Crippen LogP contribution in [0.4, 0.5) is 11.4 Å². The Labute approximate surface area is 215 Å². The Balaban J connectivity index is 1.81. The number of aryl methyl sites for hydroxylation is 1. The molecule has 0 saturated carbocycles. The molecule has 190 valence electrons. The highest BCUT2D eigenvalue weighted by atomic mass is 16.6. The summed E-state index contributed by atoms with van der Waals surface area (Å²) in [6.45, 7) is 1.82. The third-order valence-electron chi connectivity index (χ3n) is 5.95. The number of carbonyl (C=O) groups is 1. The first-order valence-electron chi connectivity index (χ1n) is 11.7. The fourth-order valence-corrected chi connectivity index (χ4v) is 3.90. The minimum absolute atomic E-state index is 0.0523. The van der Waals surface area contributed by atoms with Gasteiger partial charge in [0, 0.05) is 36.7 Å². The van der Waals surface area contributed by atoms with Crippen molar-refractivity contribution in [1.82, 2.24) is 0 Å². The highest BCUT2D eigenvalue weighted by Crippen LogP contribution is 2.26. The summed E-state index contributed by atoms with van der Waals surface area (Å²) < 4.78 is 4.75. The van der Waals surface area contributed by atoms with Crippen LogP contribution in [0.15, 0.2) is 77.8 Å². The molecular formula is C28H29N5O4. The van der Waals surface area contributed by atoms with Gasteiger partial charge in [-0.1, -0.05) is 42.5 Å². The van der Waals surface area contributed by atoms with Crippen molar-refractivity contribution in [2.75, 3.05) is 19.1 Å². The normalized spacial score (nSPS) is 11.1. The van der Waals surface area contributed by atoms with Gasteiger partial charge in [-0.05, 0) is 43.5 Å². The lowest BCUT2D eigenvalue weighted by Crippen LogP contribution is -2.36. The van der Waals surface area contributed by atoms with E-state index in [2.05, 4.69) is 4.99 Å². The smallest absolute Gasteiger partial charge is 0.337 e. The van der Waals surface area contributed by atoms with Crippen LogP contribution in [0.5, 0.6) is 0 Å². The lowest BCUT2D eigenvalue weighted by atomic mass is 9.98. The van der Waals surface area contributed by atoms with E-state index in [1.807, 2.05) is 31.2 Å². The maximum atomic E-state index is 11.8. The van der Waals surface area contributed by atoms with E-state index in [9.17, 15) is 14.9 Å². The summed E-state index contributed by atoms with van der Waals surface area (Å²) >= 11 is 0. The van der Waals surface area contributed by atoms with Gasteiger partial charge in [-0.25, -0.2) is 4.79 Å². The van der Waals surface area contributed by atoms with Crippen molar-refractivity contribution in [2.45, 2.75) is 26.2 Å². The van der Waals surface area contributed by atoms with Crippen molar-refractivity contribution >= 4 is 34.7 Å². The van der Waals surface area contributed by atoms with Crippen LogP contribution >= 0.6 is 0 Å². The van der Waals surface area contributed by atoms with Crippen LogP contribution < -0.4 is 4.90 Å². The molecule has 0 spiro atoms. The number of ether oxygens (including phenoxy) is 1. The van der Waals surface area contributed by atoms with Crippen LogP contribution in [0.25, 0.3) is 0 Å². The minimum atomic E-state index is -0.443. The molecule has 0 aliphatic rings. The number of hydrogen-bond acceptors (Lipinski definition) is 7. The molecule has 37 heavy (non-hydrogen) atoms. The predicted molar refractivity (Wildman–Crippen MR) is 145 cm³/mol. The van der Waals surface area contributed by atoms with Gasteiger partial charge in [-0.3, -0.25) is 30.8 Å². The first-order chi connectivity index (χ1) is 17.8. The average Bonchev–Trinajstić information content (AvgIpc) is 2.92. The zero-order chi connectivity index (χ0) is 26.9. The van der Waals surface area contributed by atoms with Gasteiger partial charge in [-0.15, -0.1) is 0 Å². The monoisotopic (exact) mass is 499 g/mol. The summed E-state index contributed by atoms with van der Waals surface area (Å²) in [4.78, 5) is 28.3. The highest BCUT2D eigenvalue weighted by Gasteiger charge is 2.21. The molecule has 0 atom stereocenters. The standard InChI is InChI=1S/C28H29N5O4/c1-19(31-2)32(26(29)10-6-7-20-11-17-23(18-12-20)33(35)36)25-9-5-4-8-24(25)27(30)21-13-15-22(16-14-21)28(34)37-3/h4-5,8-9,11-18,29-30H,6-7,10H2,1-3H3. The molecule has 0 heterocycles. The van der Waals surface area contributed by atoms with Crippen LogP contribution in [0.3, 0.4) is 0 Å². The van der Waals surface area contributed by atoms with Crippen LogP contribution in [-0.2, 0) is 11.2 Å². The number of nitro groups is 1. The van der Waals surface area contributed by atoms with Gasteiger partial charge in [0.2, 0.25) is 0 Å². The Morgan fingerprint density at radius 2 is 1.62 bits per heavy atom. The largest absolute Gasteiger partial charge is 0.465 e. The topological polar surface area (TPSA) is 133 Å². The van der Waals surface area contributed by atoms with Crippen molar-refractivity contribution in [3.05, 3.63) is 105 Å². The summed E-state index contributed by atoms with van der Waals surface area (Å²) in [7, 11) is 2.98. The van der Waals surface area contributed by atoms with Crippen LogP contribution in [-0.4, -0.2) is 42.4 Å². The van der Waals surface area contributed by atoms with Crippen molar-refractivity contribution in [3.8, 4) is 0 Å². The molecule has 2 N–H and O–H groups in total. The molecule has 3 aromatic rings. The molecule has 0 saturated heterocycles. The number of amidine groups is 2. The molecular weight excluding hydrogens is 470 g/mol. The maximum Gasteiger partial charge on any atom is 0.337 e. The third-order valence-corrected chi connectivity index (χ3v) is 5.95. The zero-order valence-corrected chi connectivity index (χ0v) is 21.0. The number of methoxy groups -OCH3 is 1. The quantitative estimate of drug-likeness (QED) is 0.129. The van der Waals surface area contributed by atoms with Crippen molar-refractivity contribution in [3.63, 3.8) is 0 Å². The average molecular weight is 500 g/mol. The van der Waals surface area contributed by atoms with Gasteiger partial charge in [0.25, 0.3) is 5.69 Å². The van der Waals surface area contributed by atoms with E-state index < -0.39 is 10.9 Å². The molecule has 0 unspecified atom stereocenters. The first-order valence-corrected chi connectivity index (χ1v) is 11.7. The zero-order valence-electron chi connectivity index (χ0n) is 21.0. The molecule has 0 fully saturated rings. The molecule has 0 radical (unpaired) electrons. The highest BCUT2D eigenvalue weighted by molar-refractivity contribution is 6.22. The van der Waals surface area contributed by atoms with E-state index >= 15 is 0 Å². The summed E-state index contributed by atoms with van der Waals surface area (Å²) in [6, 6.07) is 20.5. The molecule has 9 nitrogen and oxygen atoms in total. The van der Waals surface area contributed by atoms with Gasteiger partial charge in [0.15, 0.2) is 0 Å². The summed E-state index contributed by atoms with van der Waals surface area (Å²) in [6.07, 6.45) is 1.78. The number of nitrogens with zero attached hydrogens (tertiary/aromatic N) is 3. The lowest BCUT2D eigenvalue weighted by Gasteiger charge is -2.27. The van der Waals surface area contributed by atoms with Gasteiger partial charge in [0.05, 0.1) is 29.0 Å². The van der Waals surface area contributed by atoms with Gasteiger partial charge in [-0.2, -0.15) is 0 Å². The number of nitro benzene ring substituents is 1. The molecule has 3 aromatic carbocycles. The fraction of sp³-hybridized carbons (Fsp3) is 0.214. The van der Waals surface area contributed by atoms with Crippen LogP contribution in [0.2, 0.25) is 0 Å². The SMILES string of the molecule is CN=C(C)N(C(=N)CCCc1ccc([N+](=O)[O-])cc1)c1ccccc1C(=N)c1ccc(C(=O)OC)cc1. The maximum absolute atomic E-state index is 11.8. The Hall–Kier alpha value is -4.66. The number of carbonyl (C=O) groups excluding carboxylic acids is 1. The molecule has 3 rings (SSSR count). The van der Waals surface area contributed by atoms with Crippen LogP contribution in [0, 0.1) is 20.9 Å². The van der Waals surface area contributed by atoms with E-state index in [-0.39, 0.29) is 11.4 Å². The second kappa shape index (κ2) is 12.3. The summed E-state index contributed by atoms with van der Waals surface area (Å²) in [5, 5.41) is 28.6. The van der Waals surface area contributed by atoms with Crippen molar-refractivity contribution in [1.29, 1.82) is 10.8 Å². The lowest BCUT2D eigenvalue weighted by molar-refractivity contribution is -0.384. The Morgan fingerprint density at radius 1 is 1.00 bits per heavy atom. The second-order valence-electron chi connectivity index (χ2n) is 8.29. The Kier molecular flexibility index (Phi) is 8.99. The number of rotatable bonds is 9. The molecule has 0 aliphatic carbocycles. The van der Waals surface area contributed by atoms with Crippen molar-refractivity contribution in [2.24, 2.45) is 4.99 Å². The second-order valence-corrected chi connectivity index (χ2v) is 8.29. The predicted octanol–water partition coefficient (Wildman–Crippen LogP) is 5.65. The molecule has 0 amide bonds. The van der Waals surface area contributed by atoms with Gasteiger partial charge in [0.1, 0.15) is 11.7 Å². The number of hydrogen-bond donors (Lipinski definition) is 2. The molecule has 0 aromatic heterocycles. The Bertz CT molecular complexity index is 1330. The van der Waals surface area contributed by atoms with Gasteiger partial charge >= 0.3 is 5.97 Å². The molecule has 0 bridgehead atoms. The van der Waals surface area contributed by atoms with E-state index in [0.717, 1.165) is 5.56 Å². The number of para-hydroxylation sites is 1. The van der Waals surface area contributed by atoms with E-state index in [1.54, 1.807) is 48.3 Å². The number of anilines is 1. The summed E-state index contributed by atoms with van der Waals surface area (Å²) in [5.41, 5.74) is 3.57.